The Hall–Kier alpha value is -6.04. The van der Waals surface area contributed by atoms with Gasteiger partial charge in [0.2, 0.25) is 0 Å². The van der Waals surface area contributed by atoms with Crippen LogP contribution < -0.4 is 9.80 Å². The van der Waals surface area contributed by atoms with Gasteiger partial charge in [-0.3, -0.25) is 19.8 Å². The molecular weight excluding hydrogens is 1630 g/mol. The summed E-state index contributed by atoms with van der Waals surface area (Å²) in [4.78, 5) is 55.5. The largest absolute Gasteiger partial charge is 0.444 e. The molecule has 4 unspecified atom stereocenters. The lowest BCUT2D eigenvalue weighted by atomic mass is 9.83. The number of halogens is 2. The van der Waals surface area contributed by atoms with Crippen molar-refractivity contribution in [3.8, 4) is 44.8 Å². The highest BCUT2D eigenvalue weighted by molar-refractivity contribution is 14.0. The highest BCUT2D eigenvalue weighted by Gasteiger charge is 2.47. The zero-order chi connectivity index (χ0) is 78.2. The summed E-state index contributed by atoms with van der Waals surface area (Å²) in [5.74, 6) is 1.83. The van der Waals surface area contributed by atoms with Crippen molar-refractivity contribution in [1.82, 2.24) is 49.0 Å². The van der Waals surface area contributed by atoms with Crippen molar-refractivity contribution in [2.75, 3.05) is 89.6 Å². The van der Waals surface area contributed by atoms with E-state index in [9.17, 15) is 9.59 Å². The number of anilines is 2. The molecule has 0 saturated carbocycles. The Labute approximate surface area is 683 Å². The van der Waals surface area contributed by atoms with Gasteiger partial charge >= 0.3 is 12.2 Å². The molecule has 0 aliphatic carbocycles. The molecule has 4 bridgehead atoms. The van der Waals surface area contributed by atoms with E-state index in [-0.39, 0.29) is 73.6 Å². The number of amides is 2. The molecule has 0 N–H and O–H groups in total. The number of piperidine rings is 2. The third kappa shape index (κ3) is 23.6. The minimum Gasteiger partial charge on any atom is -0.444 e. The van der Waals surface area contributed by atoms with Crippen molar-refractivity contribution < 1.29 is 48.9 Å². The maximum absolute atomic E-state index is 13.5. The fourth-order valence-electron chi connectivity index (χ4n) is 14.1. The van der Waals surface area contributed by atoms with Crippen molar-refractivity contribution in [3.05, 3.63) is 132 Å². The second-order valence-electron chi connectivity index (χ2n) is 36.6. The Morgan fingerprint density at radius 3 is 1.24 bits per heavy atom. The van der Waals surface area contributed by atoms with E-state index in [1.165, 1.54) is 0 Å². The normalized spacial score (nSPS) is 19.0. The molecule has 22 nitrogen and oxygen atoms in total. The van der Waals surface area contributed by atoms with E-state index < -0.39 is 43.5 Å². The summed E-state index contributed by atoms with van der Waals surface area (Å²) >= 11 is 4.07. The summed E-state index contributed by atoms with van der Waals surface area (Å²) in [6.07, 6.45) is 9.83. The van der Waals surface area contributed by atoms with Gasteiger partial charge in [0.25, 0.3) is 0 Å². The molecule has 4 aliphatic heterocycles. The molecule has 600 valence electrons. The van der Waals surface area contributed by atoms with Crippen LogP contribution in [0.2, 0.25) is 103 Å². The van der Waals surface area contributed by atoms with Crippen molar-refractivity contribution in [3.63, 3.8) is 0 Å². The van der Waals surface area contributed by atoms with Crippen LogP contribution in [0.25, 0.3) is 56.1 Å². The maximum Gasteiger partial charge on any atom is 0.410 e. The number of carbonyl (C=O) groups excluding carboxylic acids is 2. The number of hydrogen-bond donors (Lipinski definition) is 0. The first-order valence-corrected chi connectivity index (χ1v) is 54.6. The molecule has 110 heavy (non-hydrogen) atoms. The zero-order valence-corrected chi connectivity index (χ0v) is 76.2. The Balaban J connectivity index is 0.000000251. The second kappa shape index (κ2) is 37.1. The number of nitrogens with zero attached hydrogens (tertiary/aromatic N) is 12. The number of rotatable bonds is 28. The van der Waals surface area contributed by atoms with Gasteiger partial charge in [-0.2, -0.15) is 19.2 Å². The van der Waals surface area contributed by atoms with Gasteiger partial charge in [0.1, 0.15) is 43.9 Å². The Kier molecular flexibility index (Phi) is 29.1. The van der Waals surface area contributed by atoms with E-state index in [4.69, 9.17) is 68.0 Å². The molecule has 2 amide bonds. The average molecular weight is 1760 g/mol. The van der Waals surface area contributed by atoms with Crippen LogP contribution in [-0.4, -0.2) is 209 Å². The number of benzene rings is 2. The predicted octanol–water partition coefficient (Wildman–Crippen LogP) is 19.2. The van der Waals surface area contributed by atoms with E-state index in [2.05, 4.69) is 153 Å². The first-order valence-electron chi connectivity index (χ1n) is 39.0. The quantitative estimate of drug-likeness (QED) is 0.0193. The van der Waals surface area contributed by atoms with Crippen molar-refractivity contribution in [2.45, 2.75) is 217 Å². The molecule has 10 heterocycles. The fourth-order valence-corrected chi connectivity index (χ4v) is 17.9. The molecule has 4 atom stereocenters. The smallest absolute Gasteiger partial charge is 0.410 e. The number of fused-ring (bicyclic) bond motifs is 6. The third-order valence-corrected chi connectivity index (χ3v) is 27.6. The summed E-state index contributed by atoms with van der Waals surface area (Å²) in [6, 6.07) is 34.6. The first kappa shape index (κ1) is 86.4. The monoisotopic (exact) mass is 1750 g/mol. The van der Waals surface area contributed by atoms with E-state index in [1.54, 1.807) is 0 Å². The predicted molar refractivity (Wildman–Crippen MR) is 466 cm³/mol. The molecule has 4 aliphatic rings. The molecule has 0 radical (unpaired) electrons. The van der Waals surface area contributed by atoms with Gasteiger partial charge in [-0.05, 0) is 119 Å². The lowest BCUT2D eigenvalue weighted by molar-refractivity contribution is -0.0830. The summed E-state index contributed by atoms with van der Waals surface area (Å²) in [7, 11) is -5.18. The van der Waals surface area contributed by atoms with Gasteiger partial charge in [-0.15, -0.1) is 24.0 Å². The fraction of sp³-hybridized carbons (Fsp3) is 0.561. The molecular formula is C82H122BrIN12O10Si4. The molecule has 6 aromatic heterocycles. The first-order chi connectivity index (χ1) is 51.5. The summed E-state index contributed by atoms with van der Waals surface area (Å²) in [6.45, 7) is 45.9. The van der Waals surface area contributed by atoms with Crippen LogP contribution in [0.15, 0.2) is 120 Å². The SMILES string of the molecule is CC(C)(C)OC(=O)N1C2COCC1CC(c1cc(N(COCC[Si](C)(C)C)COCC[Si](C)(C)C)n3ncc(-c4ccc(-c5ccccc5)nc4)c3n1)C2.CC(C)(C)OC(=O)N1C2COCC1CC(c1nc3c(-c4ccc(-c5ccccc5)nc4)cnn3c(N(COCC[Si](C)(C)C)COCC[Si](C)(C)C)c1Br)C2.I.[HH]. The minimum absolute atomic E-state index is 0. The number of morpholine rings is 2. The van der Waals surface area contributed by atoms with Gasteiger partial charge in [0, 0.05) is 130 Å². The van der Waals surface area contributed by atoms with E-state index >= 15 is 0 Å². The number of hydrogen-bond acceptors (Lipinski definition) is 18. The van der Waals surface area contributed by atoms with Crippen LogP contribution in [0.5, 0.6) is 0 Å². The van der Waals surface area contributed by atoms with Crippen LogP contribution in [0, 0.1) is 0 Å². The van der Waals surface area contributed by atoms with Crippen LogP contribution in [-0.2, 0) is 37.9 Å². The lowest BCUT2D eigenvalue weighted by Crippen LogP contribution is -2.59. The maximum atomic E-state index is 13.5. The number of pyridine rings is 2. The van der Waals surface area contributed by atoms with Crippen LogP contribution >= 0.6 is 39.9 Å². The molecule has 4 saturated heterocycles. The molecule has 2 aromatic carbocycles. The van der Waals surface area contributed by atoms with E-state index in [0.29, 0.717) is 105 Å². The molecule has 12 rings (SSSR count). The number of ether oxygens (including phenoxy) is 8. The zero-order valence-electron chi connectivity index (χ0n) is 68.3. The highest BCUT2D eigenvalue weighted by atomic mass is 127. The minimum atomic E-state index is -1.31. The molecule has 4 fully saturated rings. The molecule has 28 heteroatoms. The topological polar surface area (TPSA) is 207 Å². The van der Waals surface area contributed by atoms with E-state index in [1.807, 2.05) is 128 Å². The highest BCUT2D eigenvalue weighted by Crippen LogP contribution is 2.45. The Morgan fingerprint density at radius 1 is 0.491 bits per heavy atom. The third-order valence-electron chi connectivity index (χ3n) is 20.0. The van der Waals surface area contributed by atoms with Crippen LogP contribution in [0.4, 0.5) is 21.2 Å². The lowest BCUT2D eigenvalue weighted by Gasteiger charge is -2.48. The average Bonchev–Trinajstić information content (AvgIpc) is 1.71. The van der Waals surface area contributed by atoms with Gasteiger partial charge in [0.05, 0.1) is 84.5 Å². The Morgan fingerprint density at radius 2 is 0.864 bits per heavy atom. The molecule has 8 aromatic rings. The summed E-state index contributed by atoms with van der Waals surface area (Å²) in [5, 5.41) is 9.92. The van der Waals surface area contributed by atoms with Gasteiger partial charge in [-0.25, -0.2) is 19.6 Å². The van der Waals surface area contributed by atoms with Gasteiger partial charge in [0.15, 0.2) is 17.1 Å². The Bertz CT molecular complexity index is 4260. The van der Waals surface area contributed by atoms with Crippen LogP contribution in [0.3, 0.4) is 0 Å². The van der Waals surface area contributed by atoms with Gasteiger partial charge < -0.3 is 47.7 Å². The van der Waals surface area contributed by atoms with Crippen molar-refractivity contribution in [1.29, 1.82) is 0 Å². The number of aromatic nitrogens is 8. The summed E-state index contributed by atoms with van der Waals surface area (Å²) < 4.78 is 54.1. The van der Waals surface area contributed by atoms with Crippen molar-refractivity contribution in [2.24, 2.45) is 0 Å². The van der Waals surface area contributed by atoms with Crippen LogP contribution in [0.1, 0.15) is 91.9 Å². The standard InChI is InChI=1S/C41H59BrN6O5Si2.C41H60N6O5Si2.HI.H2/c1-41(2,3)53-40(49)47-32-21-31(22-33(47)26-52-25-32)37-36(42)39(46(27-50-17-19-54(4,5)6)28-51-18-20-55(7,8)9)48-38(45-37)34(24-44-48)30-15-16-35(43-23-30)29-13-11-10-12-14-29;1-41(2,3)52-40(48)46-33-21-32(22-34(46)27-51-26-33)37-23-38(45(28-49-17-19-53(4,5)6)29-50-18-20-54(7,8)9)47-39(44-37)35(25-43-47)31-15-16-36(42-24-31)30-13-11-10-12-14-30;;/h10-16,23-24,31-33H,17-22,25-28H2,1-9H3;10-16,23-25,32-34H,17-22,26-29H2,1-9H3;2*1H. The molecule has 0 spiro atoms. The van der Waals surface area contributed by atoms with Gasteiger partial charge in [-0.1, -0.05) is 151 Å². The van der Waals surface area contributed by atoms with Crippen molar-refractivity contribution >= 4 is 107 Å². The second-order valence-corrected chi connectivity index (χ2v) is 59.9. The van der Waals surface area contributed by atoms with E-state index in [0.717, 1.165) is 108 Å². The summed E-state index contributed by atoms with van der Waals surface area (Å²) in [5.41, 5.74) is 9.80. The number of carbonyl (C=O) groups is 2.